The lowest BCUT2D eigenvalue weighted by molar-refractivity contribution is -0.144. The van der Waals surface area contributed by atoms with Crippen LogP contribution in [0.5, 0.6) is 0 Å². The Morgan fingerprint density at radius 2 is 2.05 bits per heavy atom. The topological polar surface area (TPSA) is 65.5 Å². The summed E-state index contributed by atoms with van der Waals surface area (Å²) in [7, 11) is 3.55. The van der Waals surface area contributed by atoms with E-state index in [1.54, 1.807) is 56.1 Å². The molecule has 0 saturated carbocycles. The minimum Gasteiger partial charge on any atom is -0.387 e. The maximum absolute atomic E-state index is 12.5. The lowest BCUT2D eigenvalue weighted by Crippen LogP contribution is -2.63. The first-order valence-electron chi connectivity index (χ1n) is 6.59. The molecule has 1 aromatic heterocycles. The Kier molecular flexibility index (Phi) is 3.65. The molecule has 1 aliphatic rings. The first-order valence-corrected chi connectivity index (χ1v) is 6.59. The largest absolute Gasteiger partial charge is 0.387 e. The van der Waals surface area contributed by atoms with Crippen molar-refractivity contribution >= 4 is 17.5 Å². The van der Waals surface area contributed by atoms with Crippen LogP contribution in [0.1, 0.15) is 24.3 Å². The summed E-state index contributed by atoms with van der Waals surface area (Å²) in [5.74, 6) is -0.261. The van der Waals surface area contributed by atoms with Gasteiger partial charge in [0.05, 0.1) is 11.9 Å². The SMILES string of the molecule is CNc1ccc(C(=O)N2CCN(C)C(=O)C2(C)C)nc1. The first-order chi connectivity index (χ1) is 9.37. The highest BCUT2D eigenvalue weighted by molar-refractivity contribution is 5.98. The molecule has 1 N–H and O–H groups in total. The molecule has 1 fully saturated rings. The lowest BCUT2D eigenvalue weighted by atomic mass is 9.97. The molecule has 1 aromatic rings. The fraction of sp³-hybridized carbons (Fsp3) is 0.500. The third-order valence-corrected chi connectivity index (χ3v) is 3.72. The number of nitrogens with one attached hydrogen (secondary N) is 1. The van der Waals surface area contributed by atoms with Crippen LogP contribution >= 0.6 is 0 Å². The number of amides is 2. The highest BCUT2D eigenvalue weighted by atomic mass is 16.2. The van der Waals surface area contributed by atoms with Crippen molar-refractivity contribution in [3.05, 3.63) is 24.0 Å². The van der Waals surface area contributed by atoms with Crippen LogP contribution in [0.25, 0.3) is 0 Å². The molecule has 0 radical (unpaired) electrons. The maximum atomic E-state index is 12.5. The second-order valence-electron chi connectivity index (χ2n) is 5.42. The normalized spacial score (nSPS) is 18.1. The third-order valence-electron chi connectivity index (χ3n) is 3.72. The van der Waals surface area contributed by atoms with Gasteiger partial charge in [0.1, 0.15) is 11.2 Å². The van der Waals surface area contributed by atoms with Crippen molar-refractivity contribution in [3.8, 4) is 0 Å². The van der Waals surface area contributed by atoms with E-state index in [0.717, 1.165) is 5.69 Å². The number of aromatic nitrogens is 1. The molecule has 6 nitrogen and oxygen atoms in total. The Labute approximate surface area is 118 Å². The van der Waals surface area contributed by atoms with Crippen molar-refractivity contribution in [2.45, 2.75) is 19.4 Å². The molecule has 0 bridgehead atoms. The maximum Gasteiger partial charge on any atom is 0.273 e. The number of carbonyl (C=O) groups excluding carboxylic acids is 2. The predicted octanol–water partition coefficient (Wildman–Crippen LogP) is 0.816. The summed E-state index contributed by atoms with van der Waals surface area (Å²) in [4.78, 5) is 32.1. The molecule has 6 heteroatoms. The van der Waals surface area contributed by atoms with Crippen LogP contribution in [0.2, 0.25) is 0 Å². The van der Waals surface area contributed by atoms with Crippen LogP contribution in [0.15, 0.2) is 18.3 Å². The van der Waals surface area contributed by atoms with Gasteiger partial charge >= 0.3 is 0 Å². The van der Waals surface area contributed by atoms with Crippen molar-refractivity contribution in [2.24, 2.45) is 0 Å². The van der Waals surface area contributed by atoms with E-state index in [0.29, 0.717) is 18.8 Å². The van der Waals surface area contributed by atoms with Crippen molar-refractivity contribution < 1.29 is 9.59 Å². The van der Waals surface area contributed by atoms with Crippen molar-refractivity contribution in [3.63, 3.8) is 0 Å². The first kappa shape index (κ1) is 14.3. The number of piperazine rings is 1. The molecule has 2 rings (SSSR count). The number of pyridine rings is 1. The molecule has 0 spiro atoms. The zero-order valence-corrected chi connectivity index (χ0v) is 12.3. The number of carbonyl (C=O) groups is 2. The highest BCUT2D eigenvalue weighted by Crippen LogP contribution is 2.23. The lowest BCUT2D eigenvalue weighted by Gasteiger charge is -2.44. The zero-order chi connectivity index (χ0) is 14.9. The van der Waals surface area contributed by atoms with Crippen molar-refractivity contribution in [1.82, 2.24) is 14.8 Å². The molecule has 20 heavy (non-hydrogen) atoms. The molecule has 2 heterocycles. The van der Waals surface area contributed by atoms with E-state index in [1.807, 2.05) is 0 Å². The van der Waals surface area contributed by atoms with Gasteiger partial charge in [-0.15, -0.1) is 0 Å². The van der Waals surface area contributed by atoms with Gasteiger partial charge in [0.25, 0.3) is 5.91 Å². The minimum atomic E-state index is -0.840. The minimum absolute atomic E-state index is 0.0519. The quantitative estimate of drug-likeness (QED) is 0.868. The zero-order valence-electron chi connectivity index (χ0n) is 12.3. The second-order valence-corrected chi connectivity index (χ2v) is 5.42. The van der Waals surface area contributed by atoms with Crippen LogP contribution in [0.3, 0.4) is 0 Å². The molecule has 1 aliphatic heterocycles. The monoisotopic (exact) mass is 276 g/mol. The Bertz CT molecular complexity index is 524. The fourth-order valence-electron chi connectivity index (χ4n) is 2.38. The van der Waals surface area contributed by atoms with Gasteiger partial charge in [-0.05, 0) is 26.0 Å². The Hall–Kier alpha value is -2.11. The van der Waals surface area contributed by atoms with Crippen molar-refractivity contribution in [2.75, 3.05) is 32.5 Å². The van der Waals surface area contributed by atoms with Crippen LogP contribution in [0.4, 0.5) is 5.69 Å². The summed E-state index contributed by atoms with van der Waals surface area (Å²) in [5, 5.41) is 2.95. The van der Waals surface area contributed by atoms with Gasteiger partial charge in [-0.3, -0.25) is 9.59 Å². The van der Waals surface area contributed by atoms with Gasteiger partial charge in [0, 0.05) is 27.2 Å². The predicted molar refractivity (Wildman–Crippen MR) is 76.5 cm³/mol. The van der Waals surface area contributed by atoms with E-state index in [-0.39, 0.29) is 11.8 Å². The second kappa shape index (κ2) is 5.11. The fourth-order valence-corrected chi connectivity index (χ4v) is 2.38. The molecule has 2 amide bonds. The summed E-state index contributed by atoms with van der Waals surface area (Å²) >= 11 is 0. The standard InChI is InChI=1S/C14H20N4O2/c1-14(2)13(20)17(4)7-8-18(14)12(19)11-6-5-10(15-3)9-16-11/h5-6,9,15H,7-8H2,1-4H3. The van der Waals surface area contributed by atoms with Gasteiger partial charge in [-0.25, -0.2) is 4.98 Å². The summed E-state index contributed by atoms with van der Waals surface area (Å²) < 4.78 is 0. The molecule has 0 aliphatic carbocycles. The number of nitrogens with zero attached hydrogens (tertiary/aromatic N) is 3. The average Bonchev–Trinajstić information content (AvgIpc) is 2.44. The number of rotatable bonds is 2. The van der Waals surface area contributed by atoms with Crippen LogP contribution < -0.4 is 5.32 Å². The highest BCUT2D eigenvalue weighted by Gasteiger charge is 2.43. The van der Waals surface area contributed by atoms with Crippen LogP contribution in [-0.4, -0.2) is 59.3 Å². The van der Waals surface area contributed by atoms with E-state index < -0.39 is 5.54 Å². The van der Waals surface area contributed by atoms with Gasteiger partial charge < -0.3 is 15.1 Å². The van der Waals surface area contributed by atoms with Gasteiger partial charge in [0.2, 0.25) is 5.91 Å². The molecular weight excluding hydrogens is 256 g/mol. The third kappa shape index (κ3) is 2.33. The van der Waals surface area contributed by atoms with E-state index in [1.165, 1.54) is 0 Å². The van der Waals surface area contributed by atoms with Crippen LogP contribution in [-0.2, 0) is 4.79 Å². The summed E-state index contributed by atoms with van der Waals surface area (Å²) in [6, 6.07) is 3.47. The van der Waals surface area contributed by atoms with Gasteiger partial charge in [0.15, 0.2) is 0 Å². The molecule has 108 valence electrons. The summed E-state index contributed by atoms with van der Waals surface area (Å²) in [6.45, 7) is 4.60. The molecule has 0 aromatic carbocycles. The average molecular weight is 276 g/mol. The molecular formula is C14H20N4O2. The number of hydrogen-bond acceptors (Lipinski definition) is 4. The molecule has 1 saturated heterocycles. The number of hydrogen-bond donors (Lipinski definition) is 1. The number of anilines is 1. The van der Waals surface area contributed by atoms with Crippen LogP contribution in [0, 0.1) is 0 Å². The van der Waals surface area contributed by atoms with Crippen molar-refractivity contribution in [1.29, 1.82) is 0 Å². The Balaban J connectivity index is 2.25. The van der Waals surface area contributed by atoms with Gasteiger partial charge in [-0.1, -0.05) is 0 Å². The van der Waals surface area contributed by atoms with E-state index in [4.69, 9.17) is 0 Å². The Morgan fingerprint density at radius 3 is 2.60 bits per heavy atom. The Morgan fingerprint density at radius 1 is 1.35 bits per heavy atom. The number of likely N-dealkylation sites (N-methyl/N-ethyl adjacent to an activating group) is 1. The van der Waals surface area contributed by atoms with E-state index in [2.05, 4.69) is 10.3 Å². The van der Waals surface area contributed by atoms with E-state index in [9.17, 15) is 9.59 Å². The smallest absolute Gasteiger partial charge is 0.273 e. The van der Waals surface area contributed by atoms with E-state index >= 15 is 0 Å². The van der Waals surface area contributed by atoms with Gasteiger partial charge in [-0.2, -0.15) is 0 Å². The summed E-state index contributed by atoms with van der Waals surface area (Å²) in [6.07, 6.45) is 1.61. The molecule has 0 atom stereocenters. The molecule has 0 unspecified atom stereocenters. The summed E-state index contributed by atoms with van der Waals surface area (Å²) in [5.41, 5.74) is 0.359.